The van der Waals surface area contributed by atoms with Gasteiger partial charge in [-0.05, 0) is 178 Å². The summed E-state index contributed by atoms with van der Waals surface area (Å²) in [5.74, 6) is 0. The number of aryl methyl sites for hydroxylation is 4. The zero-order chi connectivity index (χ0) is 45.2. The molecule has 0 heterocycles. The highest BCUT2D eigenvalue weighted by Gasteiger charge is 2.48. The number of anilines is 6. The van der Waals surface area contributed by atoms with Gasteiger partial charge in [0.15, 0.2) is 0 Å². The van der Waals surface area contributed by atoms with Gasteiger partial charge in [-0.15, -0.1) is 0 Å². The molecule has 2 nitrogen and oxygen atoms in total. The van der Waals surface area contributed by atoms with Gasteiger partial charge in [0.2, 0.25) is 0 Å². The lowest BCUT2D eigenvalue weighted by molar-refractivity contribution is 0.777. The van der Waals surface area contributed by atoms with Crippen LogP contribution in [0.25, 0.3) is 43.4 Å². The zero-order valence-electron chi connectivity index (χ0n) is 38.3. The van der Waals surface area contributed by atoms with Crippen LogP contribution >= 0.6 is 0 Å². The minimum absolute atomic E-state index is 0.637. The molecule has 0 aliphatic heterocycles. The van der Waals surface area contributed by atoms with Crippen LogP contribution in [0.3, 0.4) is 0 Å². The van der Waals surface area contributed by atoms with E-state index in [1.54, 1.807) is 0 Å². The van der Waals surface area contributed by atoms with E-state index in [1.807, 2.05) is 0 Å². The lowest BCUT2D eigenvalue weighted by Gasteiger charge is -2.35. The molecule has 11 aromatic carbocycles. The van der Waals surface area contributed by atoms with Crippen molar-refractivity contribution in [3.63, 3.8) is 0 Å². The van der Waals surface area contributed by atoms with Crippen LogP contribution in [-0.4, -0.2) is 0 Å². The topological polar surface area (TPSA) is 6.48 Å². The number of hydrogen-bond donors (Lipinski definition) is 0. The molecule has 0 spiro atoms. The first kappa shape index (κ1) is 40.3. The molecule has 0 bridgehead atoms. The van der Waals surface area contributed by atoms with Crippen LogP contribution in [-0.2, 0) is 5.41 Å². The molecule has 0 amide bonds. The van der Waals surface area contributed by atoms with E-state index in [9.17, 15) is 0 Å². The van der Waals surface area contributed by atoms with Gasteiger partial charge < -0.3 is 9.80 Å². The molecule has 0 N–H and O–H groups in total. The summed E-state index contributed by atoms with van der Waals surface area (Å²) in [4.78, 5) is 4.79. The fraction of sp³-hybridized carbons (Fsp3) is 0.0769. The fourth-order valence-corrected chi connectivity index (χ4v) is 10.9. The van der Waals surface area contributed by atoms with Crippen molar-refractivity contribution < 1.29 is 0 Å². The maximum Gasteiger partial charge on any atom is 0.0720 e. The average molecular weight is 859 g/mol. The van der Waals surface area contributed by atoms with Gasteiger partial charge >= 0.3 is 0 Å². The highest BCUT2D eigenvalue weighted by molar-refractivity contribution is 6.20. The Morgan fingerprint density at radius 2 is 0.716 bits per heavy atom. The molecule has 1 aliphatic carbocycles. The van der Waals surface area contributed by atoms with Gasteiger partial charge in [-0.2, -0.15) is 0 Å². The Labute approximate surface area is 393 Å². The average Bonchev–Trinajstić information content (AvgIpc) is 3.67. The fourth-order valence-electron chi connectivity index (χ4n) is 10.9. The minimum atomic E-state index is -0.637. The molecule has 0 atom stereocenters. The second-order valence-corrected chi connectivity index (χ2v) is 18.4. The Morgan fingerprint density at radius 3 is 1.21 bits per heavy atom. The molecule has 0 unspecified atom stereocenters. The summed E-state index contributed by atoms with van der Waals surface area (Å²) < 4.78 is 0. The quantitative estimate of drug-likeness (QED) is 0.141. The van der Waals surface area contributed by atoms with Gasteiger partial charge in [0.05, 0.1) is 5.41 Å². The number of rotatable bonds is 8. The molecule has 0 radical (unpaired) electrons. The van der Waals surface area contributed by atoms with Gasteiger partial charge in [-0.1, -0.05) is 168 Å². The summed E-state index contributed by atoms with van der Waals surface area (Å²) in [5.41, 5.74) is 18.8. The molecule has 12 rings (SSSR count). The van der Waals surface area contributed by atoms with Crippen LogP contribution < -0.4 is 9.80 Å². The Bertz CT molecular complexity index is 3500. The molecule has 320 valence electrons. The second-order valence-electron chi connectivity index (χ2n) is 18.4. The second kappa shape index (κ2) is 16.0. The molecule has 0 saturated heterocycles. The normalized spacial score (nSPS) is 12.6. The largest absolute Gasteiger partial charge is 0.310 e. The summed E-state index contributed by atoms with van der Waals surface area (Å²) >= 11 is 0. The third kappa shape index (κ3) is 6.63. The number of nitrogens with zero attached hydrogens (tertiary/aromatic N) is 2. The lowest BCUT2D eigenvalue weighted by atomic mass is 9.66. The minimum Gasteiger partial charge on any atom is -0.310 e. The maximum absolute atomic E-state index is 2.52. The Hall–Kier alpha value is -8.20. The molecule has 0 aromatic heterocycles. The van der Waals surface area contributed by atoms with Crippen molar-refractivity contribution in [1.29, 1.82) is 0 Å². The first-order valence-corrected chi connectivity index (χ1v) is 23.4. The predicted molar refractivity (Wildman–Crippen MR) is 285 cm³/mol. The third-order valence-electron chi connectivity index (χ3n) is 14.1. The number of hydrogen-bond acceptors (Lipinski definition) is 2. The van der Waals surface area contributed by atoms with E-state index >= 15 is 0 Å². The summed E-state index contributed by atoms with van der Waals surface area (Å²) in [6.45, 7) is 8.61. The molecular weight excluding hydrogens is 809 g/mol. The highest BCUT2D eigenvalue weighted by atomic mass is 15.1. The van der Waals surface area contributed by atoms with Gasteiger partial charge in [0.25, 0.3) is 0 Å². The van der Waals surface area contributed by atoms with E-state index in [-0.39, 0.29) is 0 Å². The Balaban J connectivity index is 1.16. The van der Waals surface area contributed by atoms with Crippen molar-refractivity contribution in [2.45, 2.75) is 33.1 Å². The molecule has 0 fully saturated rings. The van der Waals surface area contributed by atoms with Crippen molar-refractivity contribution >= 4 is 66.4 Å². The highest BCUT2D eigenvalue weighted by Crippen LogP contribution is 2.61. The molecule has 2 heteroatoms. The molecule has 1 aliphatic rings. The van der Waals surface area contributed by atoms with Crippen molar-refractivity contribution in [2.24, 2.45) is 0 Å². The van der Waals surface area contributed by atoms with Crippen molar-refractivity contribution in [1.82, 2.24) is 0 Å². The van der Waals surface area contributed by atoms with Gasteiger partial charge in [0, 0.05) is 34.1 Å². The van der Waals surface area contributed by atoms with Crippen molar-refractivity contribution in [3.05, 3.63) is 275 Å². The van der Waals surface area contributed by atoms with E-state index < -0.39 is 5.41 Å². The van der Waals surface area contributed by atoms with Gasteiger partial charge in [-0.3, -0.25) is 0 Å². The van der Waals surface area contributed by atoms with Crippen LogP contribution in [0.1, 0.15) is 44.5 Å². The number of fused-ring (bicyclic) bond motifs is 9. The van der Waals surface area contributed by atoms with Crippen molar-refractivity contribution in [3.8, 4) is 11.1 Å². The third-order valence-corrected chi connectivity index (χ3v) is 14.1. The smallest absolute Gasteiger partial charge is 0.0720 e. The summed E-state index contributed by atoms with van der Waals surface area (Å²) in [6, 6.07) is 86.3. The van der Waals surface area contributed by atoms with E-state index in [2.05, 4.69) is 268 Å². The van der Waals surface area contributed by atoms with Gasteiger partial charge in [-0.25, -0.2) is 0 Å². The van der Waals surface area contributed by atoms with E-state index in [0.29, 0.717) is 0 Å². The number of benzene rings is 11. The molecule has 67 heavy (non-hydrogen) atoms. The first-order valence-electron chi connectivity index (χ1n) is 23.4. The predicted octanol–water partition coefficient (Wildman–Crippen LogP) is 17.7. The maximum atomic E-state index is 2.52. The summed E-state index contributed by atoms with van der Waals surface area (Å²) in [7, 11) is 0. The van der Waals surface area contributed by atoms with Crippen LogP contribution in [0, 0.1) is 27.7 Å². The van der Waals surface area contributed by atoms with E-state index in [4.69, 9.17) is 0 Å². The lowest BCUT2D eigenvalue weighted by Crippen LogP contribution is -2.29. The van der Waals surface area contributed by atoms with E-state index in [1.165, 1.54) is 88.0 Å². The van der Waals surface area contributed by atoms with Gasteiger partial charge in [0.1, 0.15) is 0 Å². The Kier molecular flexibility index (Phi) is 9.66. The SMILES string of the molecule is Cc1ccc(N(c2ccc(C)cc2)c2ccc3cc4c(cc3c2)C(c2ccccc2)(c2ccccc2)c2c-4c3ccccc3c3cc(N(c4ccc(C)cc4)c4ccc(C)cc4)ccc23)cc1. The standard InChI is InChI=1S/C65H50N2/c1-43-19-28-51(29-20-43)66(52-30-21-44(2)22-31-52)55-36-27-47-40-61-62(41-48(47)39-55)65(49-13-7-5-8-14-49,50-15-9-6-10-16-50)64-59-38-37-56(42-60(59)57-17-11-12-18-58(57)63(61)64)67(53-32-23-45(3)24-33-53)54-34-25-46(4)26-35-54/h5-42H,1-4H3. The summed E-state index contributed by atoms with van der Waals surface area (Å²) in [5, 5.41) is 7.41. The Morgan fingerprint density at radius 1 is 0.299 bits per heavy atom. The van der Waals surface area contributed by atoms with Crippen LogP contribution in [0.4, 0.5) is 34.1 Å². The molecular formula is C65H50N2. The van der Waals surface area contributed by atoms with Crippen LogP contribution in [0.2, 0.25) is 0 Å². The van der Waals surface area contributed by atoms with E-state index in [0.717, 1.165) is 34.1 Å². The monoisotopic (exact) mass is 858 g/mol. The first-order chi connectivity index (χ1) is 32.8. The molecule has 11 aromatic rings. The zero-order valence-corrected chi connectivity index (χ0v) is 38.3. The van der Waals surface area contributed by atoms with Crippen LogP contribution in [0.5, 0.6) is 0 Å². The molecule has 0 saturated carbocycles. The summed E-state index contributed by atoms with van der Waals surface area (Å²) in [6.07, 6.45) is 0. The van der Waals surface area contributed by atoms with Crippen molar-refractivity contribution in [2.75, 3.05) is 9.80 Å². The van der Waals surface area contributed by atoms with Crippen LogP contribution in [0.15, 0.2) is 231 Å².